The molecule has 8 nitrogen and oxygen atoms in total. The molecule has 2 aromatic carbocycles. The summed E-state index contributed by atoms with van der Waals surface area (Å²) in [7, 11) is 2.37. The van der Waals surface area contributed by atoms with Crippen LogP contribution in [-0.2, 0) is 9.59 Å². The Kier molecular flexibility index (Phi) is 9.61. The molecule has 0 aliphatic heterocycles. The topological polar surface area (TPSA) is 140 Å². The number of aromatic hydroxyl groups is 2. The van der Waals surface area contributed by atoms with Crippen molar-refractivity contribution in [2.45, 2.75) is 25.9 Å². The van der Waals surface area contributed by atoms with Crippen LogP contribution in [0.1, 0.15) is 25.0 Å². The van der Waals surface area contributed by atoms with Crippen LogP contribution in [0.2, 0.25) is 0 Å². The molecule has 2 atom stereocenters. The average Bonchev–Trinajstić information content (AvgIpc) is 2.74. The van der Waals surface area contributed by atoms with E-state index >= 15 is 0 Å². The molecule has 0 heterocycles. The molecule has 0 amide bonds. The molecule has 2 rings (SSSR count). The zero-order valence-electron chi connectivity index (χ0n) is 17.5. The minimum absolute atomic E-state index is 0.0156. The van der Waals surface area contributed by atoms with Gasteiger partial charge >= 0.3 is 11.9 Å². The SMILES string of the molecule is CC(=NC(CSSCC(N=C(C)c1ccccc1O)C(=O)O)C(=O)O)c1ccccc1O. The molecule has 0 fully saturated rings. The molecule has 0 spiro atoms. The molecular weight excluding hydrogens is 452 g/mol. The van der Waals surface area contributed by atoms with E-state index in [-0.39, 0.29) is 23.0 Å². The van der Waals surface area contributed by atoms with Gasteiger partial charge in [0.05, 0.1) is 0 Å². The smallest absolute Gasteiger partial charge is 0.329 e. The van der Waals surface area contributed by atoms with E-state index in [1.165, 1.54) is 33.7 Å². The largest absolute Gasteiger partial charge is 0.507 e. The maximum Gasteiger partial charge on any atom is 0.329 e. The molecule has 2 unspecified atom stereocenters. The van der Waals surface area contributed by atoms with Gasteiger partial charge in [-0.3, -0.25) is 9.98 Å². The van der Waals surface area contributed by atoms with Gasteiger partial charge in [-0.1, -0.05) is 45.9 Å². The van der Waals surface area contributed by atoms with Crippen molar-refractivity contribution < 1.29 is 30.0 Å². The van der Waals surface area contributed by atoms with Crippen LogP contribution in [0.4, 0.5) is 0 Å². The van der Waals surface area contributed by atoms with Gasteiger partial charge in [0, 0.05) is 34.1 Å². The molecule has 0 saturated heterocycles. The summed E-state index contributed by atoms with van der Waals surface area (Å²) in [6.07, 6.45) is 0. The second-order valence-corrected chi connectivity index (χ2v) is 9.29. The number of para-hydroxylation sites is 2. The lowest BCUT2D eigenvalue weighted by molar-refractivity contribution is -0.138. The molecule has 0 bridgehead atoms. The second-order valence-electron chi connectivity index (χ2n) is 6.74. The minimum atomic E-state index is -1.11. The van der Waals surface area contributed by atoms with Gasteiger partial charge in [0.25, 0.3) is 0 Å². The number of phenolic OH excluding ortho intramolecular Hbond substituents is 2. The number of carbonyl (C=O) groups is 2. The van der Waals surface area contributed by atoms with Crippen LogP contribution in [0.3, 0.4) is 0 Å². The molecule has 0 aliphatic rings. The van der Waals surface area contributed by atoms with Gasteiger partial charge in [-0.2, -0.15) is 0 Å². The first-order valence-corrected chi connectivity index (χ1v) is 12.0. The number of hydrogen-bond acceptors (Lipinski definition) is 8. The minimum Gasteiger partial charge on any atom is -0.507 e. The number of phenols is 2. The standard InChI is InChI=1S/C22H24N2O6S2/c1-13(15-7-3-5-9-19(15)25)23-17(21(27)28)11-31-32-12-18(22(29)30)24-14(2)16-8-4-6-10-20(16)26/h3-10,17-18,25-26H,11-12H2,1-2H3,(H,27,28)(H,29,30). The first-order valence-electron chi connectivity index (χ1n) is 9.56. The first kappa shape index (κ1) is 25.3. The number of rotatable bonds is 11. The average molecular weight is 477 g/mol. The summed E-state index contributed by atoms with van der Waals surface area (Å²) in [4.78, 5) is 31.6. The van der Waals surface area contributed by atoms with E-state index in [0.29, 0.717) is 22.6 Å². The fraction of sp³-hybridized carbons (Fsp3) is 0.273. The molecule has 32 heavy (non-hydrogen) atoms. The Morgan fingerprint density at radius 3 is 1.41 bits per heavy atom. The Balaban J connectivity index is 2.00. The maximum absolute atomic E-state index is 11.6. The summed E-state index contributed by atoms with van der Waals surface area (Å²) in [5.41, 5.74) is 1.70. The molecule has 0 aliphatic carbocycles. The number of nitrogens with zero attached hydrogens (tertiary/aromatic N) is 2. The van der Waals surface area contributed by atoms with E-state index in [1.54, 1.807) is 50.2 Å². The molecular formula is C22H24N2O6S2. The van der Waals surface area contributed by atoms with Crippen molar-refractivity contribution in [3.05, 3.63) is 59.7 Å². The predicted octanol–water partition coefficient (Wildman–Crippen LogP) is 3.70. The summed E-state index contributed by atoms with van der Waals surface area (Å²) in [6.45, 7) is 3.25. The highest BCUT2D eigenvalue weighted by Gasteiger charge is 2.21. The summed E-state index contributed by atoms with van der Waals surface area (Å²) < 4.78 is 0. The Hall–Kier alpha value is -2.98. The highest BCUT2D eigenvalue weighted by Crippen LogP contribution is 2.26. The lowest BCUT2D eigenvalue weighted by Gasteiger charge is -2.12. The lowest BCUT2D eigenvalue weighted by Crippen LogP contribution is -2.23. The highest BCUT2D eigenvalue weighted by atomic mass is 33.1. The first-order chi connectivity index (χ1) is 15.2. The van der Waals surface area contributed by atoms with Crippen molar-refractivity contribution in [1.82, 2.24) is 0 Å². The van der Waals surface area contributed by atoms with Crippen LogP contribution in [0.25, 0.3) is 0 Å². The Morgan fingerprint density at radius 2 is 1.09 bits per heavy atom. The second kappa shape index (κ2) is 12.2. The van der Waals surface area contributed by atoms with Crippen molar-refractivity contribution in [2.75, 3.05) is 11.5 Å². The van der Waals surface area contributed by atoms with Gasteiger partial charge in [0.2, 0.25) is 0 Å². The highest BCUT2D eigenvalue weighted by molar-refractivity contribution is 8.76. The number of carboxylic acid groups (broad SMARTS) is 2. The van der Waals surface area contributed by atoms with Gasteiger partial charge in [-0.25, -0.2) is 9.59 Å². The molecule has 10 heteroatoms. The number of carboxylic acids is 2. The van der Waals surface area contributed by atoms with Crippen molar-refractivity contribution in [1.29, 1.82) is 0 Å². The fourth-order valence-electron chi connectivity index (χ4n) is 2.72. The summed E-state index contributed by atoms with van der Waals surface area (Å²) in [6, 6.07) is 11.0. The number of aliphatic carboxylic acids is 2. The summed E-state index contributed by atoms with van der Waals surface area (Å²) in [5, 5.41) is 38.8. The Morgan fingerprint density at radius 1 is 0.750 bits per heavy atom. The van der Waals surface area contributed by atoms with Crippen LogP contribution in [0, 0.1) is 0 Å². The maximum atomic E-state index is 11.6. The number of aliphatic imine (C=N–C) groups is 2. The summed E-state index contributed by atoms with van der Waals surface area (Å²) in [5.74, 6) is -1.98. The van der Waals surface area contributed by atoms with E-state index in [9.17, 15) is 30.0 Å². The van der Waals surface area contributed by atoms with Crippen molar-refractivity contribution in [3.63, 3.8) is 0 Å². The number of hydrogen-bond donors (Lipinski definition) is 4. The van der Waals surface area contributed by atoms with Crippen LogP contribution < -0.4 is 0 Å². The Labute approximate surface area is 193 Å². The summed E-state index contributed by atoms with van der Waals surface area (Å²) >= 11 is 0. The lowest BCUT2D eigenvalue weighted by atomic mass is 10.1. The molecule has 0 radical (unpaired) electrons. The quantitative estimate of drug-likeness (QED) is 0.219. The predicted molar refractivity (Wildman–Crippen MR) is 128 cm³/mol. The van der Waals surface area contributed by atoms with Gasteiger partial charge in [0.15, 0.2) is 12.1 Å². The van der Waals surface area contributed by atoms with Crippen LogP contribution in [-0.4, -0.2) is 67.4 Å². The van der Waals surface area contributed by atoms with Crippen molar-refractivity contribution in [3.8, 4) is 11.5 Å². The van der Waals surface area contributed by atoms with Crippen molar-refractivity contribution in [2.24, 2.45) is 9.98 Å². The molecule has 2 aromatic rings. The van der Waals surface area contributed by atoms with E-state index in [4.69, 9.17) is 0 Å². The molecule has 0 aromatic heterocycles. The van der Waals surface area contributed by atoms with Gasteiger partial charge in [-0.05, 0) is 38.1 Å². The Bertz CT molecular complexity index is 943. The zero-order chi connectivity index (χ0) is 23.7. The van der Waals surface area contributed by atoms with E-state index in [1.807, 2.05) is 0 Å². The van der Waals surface area contributed by atoms with Crippen molar-refractivity contribution >= 4 is 44.9 Å². The molecule has 4 N–H and O–H groups in total. The fourth-order valence-corrected chi connectivity index (χ4v) is 4.95. The molecule has 170 valence electrons. The third kappa shape index (κ3) is 7.31. The third-order valence-corrected chi connectivity index (χ3v) is 6.78. The van der Waals surface area contributed by atoms with E-state index in [0.717, 1.165) is 0 Å². The molecule has 0 saturated carbocycles. The normalized spacial score (nSPS) is 14.1. The van der Waals surface area contributed by atoms with Gasteiger partial charge < -0.3 is 20.4 Å². The third-order valence-electron chi connectivity index (χ3n) is 4.39. The van der Waals surface area contributed by atoms with E-state index in [2.05, 4.69) is 9.98 Å². The monoisotopic (exact) mass is 476 g/mol. The van der Waals surface area contributed by atoms with Gasteiger partial charge in [0.1, 0.15) is 11.5 Å². The number of benzene rings is 2. The van der Waals surface area contributed by atoms with E-state index < -0.39 is 24.0 Å². The van der Waals surface area contributed by atoms with Crippen LogP contribution >= 0.6 is 21.6 Å². The van der Waals surface area contributed by atoms with Crippen LogP contribution in [0.5, 0.6) is 11.5 Å². The van der Waals surface area contributed by atoms with Crippen LogP contribution in [0.15, 0.2) is 58.5 Å². The zero-order valence-corrected chi connectivity index (χ0v) is 19.1. The van der Waals surface area contributed by atoms with Gasteiger partial charge in [-0.15, -0.1) is 0 Å².